The Morgan fingerprint density at radius 3 is 2.52 bits per heavy atom. The van der Waals surface area contributed by atoms with Gasteiger partial charge in [-0.25, -0.2) is 0 Å². The molecule has 0 saturated heterocycles. The average Bonchev–Trinajstić information content (AvgIpc) is 3.13. The summed E-state index contributed by atoms with van der Waals surface area (Å²) in [6, 6.07) is 16.7. The van der Waals surface area contributed by atoms with Crippen LogP contribution in [0.5, 0.6) is 17.2 Å². The number of ether oxygens (including phenoxy) is 3. The number of ketones is 1. The van der Waals surface area contributed by atoms with Gasteiger partial charge in [-0.3, -0.25) is 9.59 Å². The van der Waals surface area contributed by atoms with Gasteiger partial charge in [0, 0.05) is 11.6 Å². The molecule has 1 amide bonds. The zero-order chi connectivity index (χ0) is 18.8. The fourth-order valence-electron chi connectivity index (χ4n) is 2.93. The summed E-state index contributed by atoms with van der Waals surface area (Å²) in [5.41, 5.74) is 0.733. The molecule has 0 bridgehead atoms. The maximum absolute atomic E-state index is 12.3. The van der Waals surface area contributed by atoms with Crippen LogP contribution in [0.4, 0.5) is 5.69 Å². The van der Waals surface area contributed by atoms with Crippen molar-refractivity contribution in [3.8, 4) is 17.2 Å². The third kappa shape index (κ3) is 3.55. The Hall–Kier alpha value is -3.54. The number of amides is 1. The van der Waals surface area contributed by atoms with Gasteiger partial charge in [0.25, 0.3) is 5.91 Å². The summed E-state index contributed by atoms with van der Waals surface area (Å²) in [7, 11) is 0. The lowest BCUT2D eigenvalue weighted by Crippen LogP contribution is -2.21. The van der Waals surface area contributed by atoms with Gasteiger partial charge in [-0.05, 0) is 35.9 Å². The number of Topliss-reactive ketones (excluding diaryl/α,β-unsaturated/α-hetero) is 1. The first-order valence-electron chi connectivity index (χ1n) is 8.46. The molecule has 0 atom stereocenters. The van der Waals surface area contributed by atoms with E-state index in [4.69, 9.17) is 14.2 Å². The van der Waals surface area contributed by atoms with Crippen LogP contribution in [0.1, 0.15) is 17.3 Å². The number of anilines is 1. The Morgan fingerprint density at radius 2 is 1.74 bits per heavy atom. The lowest BCUT2D eigenvalue weighted by molar-refractivity contribution is -0.118. The van der Waals surface area contributed by atoms with E-state index in [0.717, 1.165) is 10.8 Å². The molecule has 4 rings (SSSR count). The van der Waals surface area contributed by atoms with Gasteiger partial charge < -0.3 is 19.5 Å². The molecule has 0 aromatic heterocycles. The first-order chi connectivity index (χ1) is 13.1. The minimum Gasteiger partial charge on any atom is -0.484 e. The zero-order valence-electron chi connectivity index (χ0n) is 14.7. The van der Waals surface area contributed by atoms with Gasteiger partial charge in [0.2, 0.25) is 6.79 Å². The van der Waals surface area contributed by atoms with Crippen molar-refractivity contribution in [3.63, 3.8) is 0 Å². The summed E-state index contributed by atoms with van der Waals surface area (Å²) in [4.78, 5) is 24.2. The highest BCUT2D eigenvalue weighted by atomic mass is 16.7. The van der Waals surface area contributed by atoms with Crippen LogP contribution in [-0.4, -0.2) is 25.1 Å². The zero-order valence-corrected chi connectivity index (χ0v) is 14.7. The molecular formula is C21H17NO5. The fraction of sp³-hybridized carbons (Fsp3) is 0.143. The van der Waals surface area contributed by atoms with Crippen LogP contribution in [0, 0.1) is 0 Å². The Bertz CT molecular complexity index is 1040. The SMILES string of the molecule is CC(=O)c1cc2c(cc1NC(=O)COc1ccc3ccccc3c1)OCO2. The number of hydrogen-bond donors (Lipinski definition) is 1. The Labute approximate surface area is 155 Å². The van der Waals surface area contributed by atoms with E-state index >= 15 is 0 Å². The molecule has 3 aromatic carbocycles. The van der Waals surface area contributed by atoms with Gasteiger partial charge in [-0.1, -0.05) is 30.3 Å². The van der Waals surface area contributed by atoms with E-state index in [-0.39, 0.29) is 25.1 Å². The summed E-state index contributed by atoms with van der Waals surface area (Å²) in [6.07, 6.45) is 0. The lowest BCUT2D eigenvalue weighted by atomic mass is 10.1. The Balaban J connectivity index is 1.47. The van der Waals surface area contributed by atoms with E-state index in [0.29, 0.717) is 28.5 Å². The van der Waals surface area contributed by atoms with E-state index in [1.165, 1.54) is 6.92 Å². The molecule has 0 fully saturated rings. The third-order valence-electron chi connectivity index (χ3n) is 4.26. The molecule has 27 heavy (non-hydrogen) atoms. The molecule has 6 heteroatoms. The number of benzene rings is 3. The molecule has 0 radical (unpaired) electrons. The summed E-state index contributed by atoms with van der Waals surface area (Å²) >= 11 is 0. The van der Waals surface area contributed by atoms with Gasteiger partial charge >= 0.3 is 0 Å². The molecule has 1 aliphatic heterocycles. The minimum atomic E-state index is -0.371. The van der Waals surface area contributed by atoms with Crippen LogP contribution in [-0.2, 0) is 4.79 Å². The van der Waals surface area contributed by atoms with Crippen molar-refractivity contribution in [2.75, 3.05) is 18.7 Å². The largest absolute Gasteiger partial charge is 0.484 e. The molecule has 1 aliphatic rings. The quantitative estimate of drug-likeness (QED) is 0.698. The molecule has 0 aliphatic carbocycles. The Kier molecular flexibility index (Phi) is 4.38. The van der Waals surface area contributed by atoms with Crippen molar-refractivity contribution in [2.24, 2.45) is 0 Å². The first-order valence-corrected chi connectivity index (χ1v) is 8.46. The van der Waals surface area contributed by atoms with Crippen LogP contribution in [0.2, 0.25) is 0 Å². The van der Waals surface area contributed by atoms with Crippen LogP contribution in [0.3, 0.4) is 0 Å². The first kappa shape index (κ1) is 16.9. The maximum atomic E-state index is 12.3. The number of nitrogens with one attached hydrogen (secondary N) is 1. The maximum Gasteiger partial charge on any atom is 0.262 e. The molecule has 6 nitrogen and oxygen atoms in total. The average molecular weight is 363 g/mol. The monoisotopic (exact) mass is 363 g/mol. The number of carbonyl (C=O) groups is 2. The minimum absolute atomic E-state index is 0.0924. The topological polar surface area (TPSA) is 73.9 Å². The van der Waals surface area contributed by atoms with Gasteiger partial charge in [0.05, 0.1) is 5.69 Å². The van der Waals surface area contributed by atoms with E-state index < -0.39 is 0 Å². The second-order valence-electron chi connectivity index (χ2n) is 6.15. The highest BCUT2D eigenvalue weighted by molar-refractivity contribution is 6.04. The van der Waals surface area contributed by atoms with Gasteiger partial charge in [-0.15, -0.1) is 0 Å². The molecule has 136 valence electrons. The lowest BCUT2D eigenvalue weighted by Gasteiger charge is -2.11. The second kappa shape index (κ2) is 6.99. The summed E-state index contributed by atoms with van der Waals surface area (Å²) in [5.74, 6) is 1.03. The predicted octanol–water partition coefficient (Wildman–Crippen LogP) is 3.79. The van der Waals surface area contributed by atoms with Crippen molar-refractivity contribution in [3.05, 3.63) is 60.2 Å². The van der Waals surface area contributed by atoms with Crippen molar-refractivity contribution in [1.29, 1.82) is 0 Å². The van der Waals surface area contributed by atoms with E-state index in [1.54, 1.807) is 12.1 Å². The van der Waals surface area contributed by atoms with E-state index in [1.807, 2.05) is 42.5 Å². The fourth-order valence-corrected chi connectivity index (χ4v) is 2.93. The molecule has 0 spiro atoms. The highest BCUT2D eigenvalue weighted by Crippen LogP contribution is 2.37. The highest BCUT2D eigenvalue weighted by Gasteiger charge is 2.20. The molecule has 0 saturated carbocycles. The summed E-state index contributed by atoms with van der Waals surface area (Å²) in [6.45, 7) is 1.35. The smallest absolute Gasteiger partial charge is 0.262 e. The molecule has 0 unspecified atom stereocenters. The van der Waals surface area contributed by atoms with Crippen molar-refractivity contribution < 1.29 is 23.8 Å². The number of carbonyl (C=O) groups excluding carboxylic acids is 2. The Morgan fingerprint density at radius 1 is 1.00 bits per heavy atom. The van der Waals surface area contributed by atoms with Gasteiger partial charge in [-0.2, -0.15) is 0 Å². The van der Waals surface area contributed by atoms with Crippen LogP contribution >= 0.6 is 0 Å². The summed E-state index contributed by atoms with van der Waals surface area (Å²) < 4.78 is 16.2. The van der Waals surface area contributed by atoms with Gasteiger partial charge in [0.1, 0.15) is 5.75 Å². The van der Waals surface area contributed by atoms with E-state index in [9.17, 15) is 9.59 Å². The molecule has 1 heterocycles. The third-order valence-corrected chi connectivity index (χ3v) is 4.26. The van der Waals surface area contributed by atoms with Crippen LogP contribution < -0.4 is 19.5 Å². The standard InChI is InChI=1S/C21H17NO5/c1-13(23)17-9-19-20(27-12-26-19)10-18(17)22-21(24)11-25-16-7-6-14-4-2-3-5-15(14)8-16/h2-10H,11-12H2,1H3,(H,22,24). The number of hydrogen-bond acceptors (Lipinski definition) is 5. The second-order valence-corrected chi connectivity index (χ2v) is 6.15. The number of rotatable bonds is 5. The van der Waals surface area contributed by atoms with Crippen molar-refractivity contribution >= 4 is 28.2 Å². The predicted molar refractivity (Wildman–Crippen MR) is 101 cm³/mol. The van der Waals surface area contributed by atoms with Crippen molar-refractivity contribution in [2.45, 2.75) is 6.92 Å². The molecule has 3 aromatic rings. The van der Waals surface area contributed by atoms with Crippen molar-refractivity contribution in [1.82, 2.24) is 0 Å². The number of fused-ring (bicyclic) bond motifs is 2. The molecule has 1 N–H and O–H groups in total. The van der Waals surface area contributed by atoms with Crippen LogP contribution in [0.25, 0.3) is 10.8 Å². The normalized spacial score (nSPS) is 12.0. The summed E-state index contributed by atoms with van der Waals surface area (Å²) in [5, 5.41) is 4.84. The van der Waals surface area contributed by atoms with Gasteiger partial charge in [0.15, 0.2) is 23.9 Å². The van der Waals surface area contributed by atoms with Crippen LogP contribution in [0.15, 0.2) is 54.6 Å². The van der Waals surface area contributed by atoms with E-state index in [2.05, 4.69) is 5.32 Å². The molecular weight excluding hydrogens is 346 g/mol.